The number of aromatic amines is 1. The van der Waals surface area contributed by atoms with Crippen LogP contribution in [-0.2, 0) is 11.3 Å². The summed E-state index contributed by atoms with van der Waals surface area (Å²) in [7, 11) is 5.24. The molecule has 11 heteroatoms. The fourth-order valence-electron chi connectivity index (χ4n) is 6.62. The lowest BCUT2D eigenvalue weighted by atomic mass is 9.97. The highest BCUT2D eigenvalue weighted by atomic mass is 16.5. The molecule has 1 fully saturated rings. The molecule has 0 atom stereocenters. The number of hydrogen-bond acceptors (Lipinski definition) is 7. The van der Waals surface area contributed by atoms with E-state index in [1.54, 1.807) is 43.2 Å². The van der Waals surface area contributed by atoms with Crippen LogP contribution in [0.5, 0.6) is 5.75 Å². The van der Waals surface area contributed by atoms with Gasteiger partial charge in [0.1, 0.15) is 5.75 Å². The Bertz CT molecular complexity index is 1780. The summed E-state index contributed by atoms with van der Waals surface area (Å²) in [5, 5.41) is 8.73. The number of rotatable bonds is 8. The molecule has 0 radical (unpaired) electrons. The molecule has 6 rings (SSSR count). The van der Waals surface area contributed by atoms with Crippen LogP contribution < -0.4 is 9.64 Å². The van der Waals surface area contributed by atoms with E-state index in [9.17, 15) is 9.59 Å². The van der Waals surface area contributed by atoms with Gasteiger partial charge in [0.2, 0.25) is 5.91 Å². The maximum absolute atomic E-state index is 13.3. The number of ether oxygens (including phenoxy) is 1. The highest BCUT2D eigenvalue weighted by Gasteiger charge is 2.27. The van der Waals surface area contributed by atoms with Crippen molar-refractivity contribution in [2.45, 2.75) is 45.7 Å². The van der Waals surface area contributed by atoms with Crippen molar-refractivity contribution in [2.75, 3.05) is 65.4 Å². The average Bonchev–Trinajstić information content (AvgIpc) is 3.76. The van der Waals surface area contributed by atoms with Crippen molar-refractivity contribution in [3.05, 3.63) is 66.1 Å². The number of carbonyl (C=O) groups excluding carboxylic acids is 2. The van der Waals surface area contributed by atoms with Gasteiger partial charge in [-0.15, -0.1) is 5.10 Å². The molecule has 0 bridgehead atoms. The van der Waals surface area contributed by atoms with Crippen LogP contribution in [0, 0.1) is 0 Å². The minimum Gasteiger partial charge on any atom is -0.496 e. The number of aryl methyl sites for hydroxylation is 1. The fourth-order valence-corrected chi connectivity index (χ4v) is 6.62. The molecule has 2 amide bonds. The summed E-state index contributed by atoms with van der Waals surface area (Å²) >= 11 is 0. The molecule has 2 aromatic carbocycles. The summed E-state index contributed by atoms with van der Waals surface area (Å²) in [6.45, 7) is 12.4. The quantitative estimate of drug-likeness (QED) is 0.297. The zero-order chi connectivity index (χ0) is 33.3. The molecule has 1 saturated heterocycles. The van der Waals surface area contributed by atoms with Crippen LogP contribution in [0.1, 0.15) is 49.7 Å². The van der Waals surface area contributed by atoms with E-state index in [1.165, 1.54) is 0 Å². The van der Waals surface area contributed by atoms with Gasteiger partial charge >= 0.3 is 0 Å². The van der Waals surface area contributed by atoms with Crippen LogP contribution >= 0.6 is 0 Å². The molecule has 4 aromatic rings. The second-order valence-electron chi connectivity index (χ2n) is 13.6. The van der Waals surface area contributed by atoms with Crippen LogP contribution in [-0.4, -0.2) is 113 Å². The number of hydrogen-bond donors (Lipinski definition) is 1. The lowest BCUT2D eigenvalue weighted by molar-refractivity contribution is -0.131. The van der Waals surface area contributed by atoms with Gasteiger partial charge in [-0.2, -0.15) is 0 Å². The van der Waals surface area contributed by atoms with Crippen molar-refractivity contribution in [2.24, 2.45) is 0 Å². The molecule has 0 saturated carbocycles. The van der Waals surface area contributed by atoms with Gasteiger partial charge in [0.05, 0.1) is 25.4 Å². The first-order valence-electron chi connectivity index (χ1n) is 16.4. The summed E-state index contributed by atoms with van der Waals surface area (Å²) < 4.78 is 7.68. The zero-order valence-electron chi connectivity index (χ0n) is 28.4. The highest BCUT2D eigenvalue weighted by molar-refractivity contribution is 6.05. The standard InChI is InChI=1S/C36H46N8O3/c1-36(2,3)43-18-16-41(17-19-43)28-9-10-29(32(23-28)47-6)30-21-27(35(46)40(4)5)20-26-22-31(38-34(26)30)25-8-7-13-42(24-25)33(45)11-14-44-15-12-37-39-44/h8-10,12,15,20-23,38H,7,11,13-14,16-19,24H2,1-6H3. The van der Waals surface area contributed by atoms with Crippen LogP contribution in [0.3, 0.4) is 0 Å². The van der Waals surface area contributed by atoms with E-state index in [1.807, 2.05) is 17.0 Å². The number of amides is 2. The molecule has 248 valence electrons. The van der Waals surface area contributed by atoms with Crippen LogP contribution in [0.2, 0.25) is 0 Å². The van der Waals surface area contributed by atoms with Crippen molar-refractivity contribution < 1.29 is 14.3 Å². The second kappa shape index (κ2) is 13.2. The number of benzene rings is 2. The number of carbonyl (C=O) groups is 2. The minimum atomic E-state index is -0.0655. The largest absolute Gasteiger partial charge is 0.496 e. The Balaban J connectivity index is 1.31. The Morgan fingerprint density at radius 1 is 1.00 bits per heavy atom. The first-order chi connectivity index (χ1) is 22.5. The van der Waals surface area contributed by atoms with E-state index >= 15 is 0 Å². The number of nitrogens with one attached hydrogen (secondary N) is 1. The molecule has 47 heavy (non-hydrogen) atoms. The van der Waals surface area contributed by atoms with Crippen molar-refractivity contribution in [3.8, 4) is 16.9 Å². The summed E-state index contributed by atoms with van der Waals surface area (Å²) in [6, 6.07) is 12.4. The van der Waals surface area contributed by atoms with Crippen LogP contribution in [0.15, 0.2) is 54.9 Å². The number of H-pyrrole nitrogens is 1. The molecule has 2 aliphatic heterocycles. The molecule has 0 spiro atoms. The molecular formula is C36H46N8O3. The number of anilines is 1. The van der Waals surface area contributed by atoms with Gasteiger partial charge in [0.15, 0.2) is 0 Å². The lowest BCUT2D eigenvalue weighted by Gasteiger charge is -2.43. The number of fused-ring (bicyclic) bond motifs is 1. The number of nitrogens with zero attached hydrogens (tertiary/aromatic N) is 7. The molecule has 0 unspecified atom stereocenters. The van der Waals surface area contributed by atoms with E-state index < -0.39 is 0 Å². The van der Waals surface area contributed by atoms with Gasteiger partial charge in [-0.1, -0.05) is 11.3 Å². The summed E-state index contributed by atoms with van der Waals surface area (Å²) in [5.74, 6) is 0.782. The molecular weight excluding hydrogens is 592 g/mol. The highest BCUT2D eigenvalue weighted by Crippen LogP contribution is 2.39. The molecule has 1 N–H and O–H groups in total. The maximum atomic E-state index is 13.3. The van der Waals surface area contributed by atoms with Crippen LogP contribution in [0.25, 0.3) is 27.6 Å². The molecule has 4 heterocycles. The van der Waals surface area contributed by atoms with E-state index in [4.69, 9.17) is 4.74 Å². The molecule has 11 nitrogen and oxygen atoms in total. The van der Waals surface area contributed by atoms with Gasteiger partial charge in [0, 0.05) is 111 Å². The van der Waals surface area contributed by atoms with E-state index in [-0.39, 0.29) is 17.4 Å². The number of methoxy groups -OCH3 is 1. The van der Waals surface area contributed by atoms with Crippen molar-refractivity contribution in [1.29, 1.82) is 0 Å². The zero-order valence-corrected chi connectivity index (χ0v) is 28.4. The third-order valence-electron chi connectivity index (χ3n) is 9.33. The van der Waals surface area contributed by atoms with Crippen molar-refractivity contribution in [1.82, 2.24) is 34.7 Å². The van der Waals surface area contributed by atoms with E-state index in [2.05, 4.69) is 76.2 Å². The summed E-state index contributed by atoms with van der Waals surface area (Å²) in [5.41, 5.74) is 6.63. The average molecular weight is 639 g/mol. The minimum absolute atomic E-state index is 0.0655. The topological polar surface area (TPSA) is 103 Å². The maximum Gasteiger partial charge on any atom is 0.253 e. The smallest absolute Gasteiger partial charge is 0.253 e. The third kappa shape index (κ3) is 6.90. The first kappa shape index (κ1) is 32.3. The van der Waals surface area contributed by atoms with Gasteiger partial charge in [-0.3, -0.25) is 19.2 Å². The van der Waals surface area contributed by atoms with Crippen molar-refractivity contribution >= 4 is 34.0 Å². The van der Waals surface area contributed by atoms with Gasteiger partial charge < -0.3 is 24.4 Å². The fraction of sp³-hybridized carbons (Fsp3) is 0.444. The van der Waals surface area contributed by atoms with E-state index in [0.29, 0.717) is 31.6 Å². The SMILES string of the molecule is COc1cc(N2CCN(C(C)(C)C)CC2)ccc1-c1cc(C(=O)N(C)C)cc2cc(C3=CCCN(C(=O)CCn4ccnn4)C3)[nH]c12. The summed E-state index contributed by atoms with van der Waals surface area (Å²) in [4.78, 5) is 38.5. The van der Waals surface area contributed by atoms with Gasteiger partial charge in [-0.05, 0) is 63.1 Å². The Morgan fingerprint density at radius 3 is 2.47 bits per heavy atom. The monoisotopic (exact) mass is 638 g/mol. The Morgan fingerprint density at radius 2 is 1.79 bits per heavy atom. The van der Waals surface area contributed by atoms with E-state index in [0.717, 1.165) is 77.3 Å². The molecule has 0 aliphatic carbocycles. The predicted octanol–water partition coefficient (Wildman–Crippen LogP) is 4.76. The first-order valence-corrected chi connectivity index (χ1v) is 16.4. The van der Waals surface area contributed by atoms with Gasteiger partial charge in [0.25, 0.3) is 5.91 Å². The predicted molar refractivity (Wildman–Crippen MR) is 186 cm³/mol. The van der Waals surface area contributed by atoms with Crippen LogP contribution in [0.4, 0.5) is 5.69 Å². The number of piperazine rings is 1. The second-order valence-corrected chi connectivity index (χ2v) is 13.6. The van der Waals surface area contributed by atoms with Gasteiger partial charge in [-0.25, -0.2) is 0 Å². The molecule has 2 aromatic heterocycles. The Hall–Kier alpha value is -4.64. The molecule has 2 aliphatic rings. The lowest BCUT2D eigenvalue weighted by Crippen LogP contribution is -2.53. The Kier molecular flexibility index (Phi) is 9.09. The Labute approximate surface area is 276 Å². The number of aromatic nitrogens is 4. The third-order valence-corrected chi connectivity index (χ3v) is 9.33. The summed E-state index contributed by atoms with van der Waals surface area (Å²) in [6.07, 6.45) is 6.73. The van der Waals surface area contributed by atoms with Crippen molar-refractivity contribution in [3.63, 3.8) is 0 Å². The normalized spacial score (nSPS) is 16.0.